The summed E-state index contributed by atoms with van der Waals surface area (Å²) in [5.41, 5.74) is 3.00. The second-order valence-corrected chi connectivity index (χ2v) is 11.7. The number of hydrogen-bond acceptors (Lipinski definition) is 3. The van der Waals surface area contributed by atoms with Gasteiger partial charge >= 0.3 is 5.97 Å². The third-order valence-corrected chi connectivity index (χ3v) is 10.0. The molecule has 2 unspecified atom stereocenters. The highest BCUT2D eigenvalue weighted by atomic mass is 16.4. The molecule has 2 saturated carbocycles. The monoisotopic (exact) mass is 460 g/mol. The number of carboxylic acids is 1. The fraction of sp³-hybridized carbons (Fsp3) is 0.567. The molecule has 0 saturated heterocycles. The van der Waals surface area contributed by atoms with Crippen LogP contribution in [-0.2, 0) is 4.79 Å². The minimum atomic E-state index is -0.661. The quantitative estimate of drug-likeness (QED) is 0.510. The number of aliphatic carboxylic acids is 1. The highest BCUT2D eigenvalue weighted by Crippen LogP contribution is 2.62. The summed E-state index contributed by atoms with van der Waals surface area (Å²) in [6.07, 6.45) is 9.92. The maximum atomic E-state index is 13.2. The number of allylic oxidation sites excluding steroid dienone is 3. The lowest BCUT2D eigenvalue weighted by Crippen LogP contribution is -2.53. The van der Waals surface area contributed by atoms with E-state index in [1.54, 1.807) is 12.1 Å². The molecule has 0 radical (unpaired) electrons. The Morgan fingerprint density at radius 2 is 1.76 bits per heavy atom. The highest BCUT2D eigenvalue weighted by molar-refractivity contribution is 6.16. The topological polar surface area (TPSA) is 71.4 Å². The minimum absolute atomic E-state index is 0.0476. The van der Waals surface area contributed by atoms with Crippen LogP contribution in [0, 0.1) is 34.5 Å². The maximum absolute atomic E-state index is 13.2. The molecule has 5 rings (SSSR count). The number of rotatable bonds is 4. The first-order valence-corrected chi connectivity index (χ1v) is 12.9. The molecule has 34 heavy (non-hydrogen) atoms. The molecule has 4 heteroatoms. The van der Waals surface area contributed by atoms with Gasteiger partial charge in [-0.2, -0.15) is 0 Å². The van der Waals surface area contributed by atoms with Gasteiger partial charge in [-0.3, -0.25) is 14.4 Å². The zero-order valence-electron chi connectivity index (χ0n) is 20.4. The van der Waals surface area contributed by atoms with Gasteiger partial charge in [-0.05, 0) is 75.5 Å². The van der Waals surface area contributed by atoms with Gasteiger partial charge in [0.1, 0.15) is 0 Å². The van der Waals surface area contributed by atoms with Crippen LogP contribution in [0.5, 0.6) is 0 Å². The van der Waals surface area contributed by atoms with Crippen LogP contribution >= 0.6 is 0 Å². The van der Waals surface area contributed by atoms with Crippen molar-refractivity contribution in [3.05, 3.63) is 59.2 Å². The van der Waals surface area contributed by atoms with E-state index >= 15 is 0 Å². The van der Waals surface area contributed by atoms with E-state index in [0.717, 1.165) is 44.9 Å². The van der Waals surface area contributed by atoms with Crippen molar-refractivity contribution >= 4 is 17.5 Å². The summed E-state index contributed by atoms with van der Waals surface area (Å²) in [4.78, 5) is 38.5. The Labute approximate surface area is 202 Å². The highest BCUT2D eigenvalue weighted by Gasteiger charge is 2.57. The average Bonchev–Trinajstić information content (AvgIpc) is 2.81. The van der Waals surface area contributed by atoms with Gasteiger partial charge in [0.05, 0.1) is 5.41 Å². The zero-order chi connectivity index (χ0) is 24.3. The van der Waals surface area contributed by atoms with Crippen LogP contribution < -0.4 is 0 Å². The molecule has 0 spiro atoms. The second-order valence-electron chi connectivity index (χ2n) is 11.7. The average molecular weight is 461 g/mol. The SMILES string of the molecule is C=C1CC[C@@H]2[C@](C)(CCC[C@]2(C)C(=O)O)[C@H]1CCC1=CCC2C(=O)c3ccccc3C(=O)C2C1. The van der Waals surface area contributed by atoms with Crippen molar-refractivity contribution in [3.63, 3.8) is 0 Å². The van der Waals surface area contributed by atoms with Crippen LogP contribution in [0.15, 0.2) is 48.1 Å². The fourth-order valence-electron chi connectivity index (χ4n) is 8.12. The van der Waals surface area contributed by atoms with Gasteiger partial charge in [-0.1, -0.05) is 61.4 Å². The van der Waals surface area contributed by atoms with Gasteiger partial charge < -0.3 is 5.11 Å². The van der Waals surface area contributed by atoms with Crippen LogP contribution in [0.1, 0.15) is 92.4 Å². The third kappa shape index (κ3) is 3.44. The Hall–Kier alpha value is -2.49. The normalized spacial score (nSPS) is 37.4. The van der Waals surface area contributed by atoms with Crippen LogP contribution in [0.4, 0.5) is 0 Å². The predicted octanol–water partition coefficient (Wildman–Crippen LogP) is 6.66. The van der Waals surface area contributed by atoms with Gasteiger partial charge in [0.25, 0.3) is 0 Å². The number of hydrogen-bond donors (Lipinski definition) is 1. The zero-order valence-corrected chi connectivity index (χ0v) is 20.4. The Balaban J connectivity index is 1.33. The lowest BCUT2D eigenvalue weighted by atomic mass is 9.46. The summed E-state index contributed by atoms with van der Waals surface area (Å²) < 4.78 is 0. The van der Waals surface area contributed by atoms with Crippen molar-refractivity contribution in [1.82, 2.24) is 0 Å². The van der Waals surface area contributed by atoms with Crippen LogP contribution in [0.2, 0.25) is 0 Å². The maximum Gasteiger partial charge on any atom is 0.309 e. The molecule has 0 aliphatic heterocycles. The fourth-order valence-corrected chi connectivity index (χ4v) is 8.12. The molecule has 2 fully saturated rings. The summed E-state index contributed by atoms with van der Waals surface area (Å²) in [6.45, 7) is 8.69. The van der Waals surface area contributed by atoms with Gasteiger partial charge in [-0.15, -0.1) is 0 Å². The van der Waals surface area contributed by atoms with E-state index in [9.17, 15) is 19.5 Å². The Morgan fingerprint density at radius 3 is 2.44 bits per heavy atom. The van der Waals surface area contributed by atoms with Gasteiger partial charge in [0, 0.05) is 23.0 Å². The van der Waals surface area contributed by atoms with Crippen molar-refractivity contribution in [2.24, 2.45) is 34.5 Å². The lowest BCUT2D eigenvalue weighted by Gasteiger charge is -2.57. The number of ketones is 2. The van der Waals surface area contributed by atoms with Crippen LogP contribution in [0.25, 0.3) is 0 Å². The van der Waals surface area contributed by atoms with E-state index in [2.05, 4.69) is 19.6 Å². The van der Waals surface area contributed by atoms with Gasteiger partial charge in [0.2, 0.25) is 0 Å². The molecular weight excluding hydrogens is 424 g/mol. The summed E-state index contributed by atoms with van der Waals surface area (Å²) in [7, 11) is 0. The van der Waals surface area contributed by atoms with E-state index in [0.29, 0.717) is 29.9 Å². The molecular formula is C30H36O4. The summed E-state index contributed by atoms with van der Waals surface area (Å²) in [5.74, 6) is -0.436. The number of benzene rings is 1. The molecule has 0 heterocycles. The molecule has 0 aromatic heterocycles. The summed E-state index contributed by atoms with van der Waals surface area (Å²) in [5, 5.41) is 10.1. The van der Waals surface area contributed by atoms with E-state index in [1.807, 2.05) is 19.1 Å². The Morgan fingerprint density at radius 1 is 1.09 bits per heavy atom. The first-order valence-electron chi connectivity index (χ1n) is 12.9. The molecule has 4 nitrogen and oxygen atoms in total. The molecule has 6 atom stereocenters. The lowest BCUT2D eigenvalue weighted by molar-refractivity contribution is -0.164. The Bertz CT molecular complexity index is 1100. The van der Waals surface area contributed by atoms with E-state index in [-0.39, 0.29) is 34.7 Å². The molecule has 4 aliphatic carbocycles. The molecule has 180 valence electrons. The van der Waals surface area contributed by atoms with Gasteiger partial charge in [-0.25, -0.2) is 0 Å². The van der Waals surface area contributed by atoms with E-state index in [4.69, 9.17) is 0 Å². The standard InChI is InChI=1S/C30H36O4/c1-18-9-14-25-29(2,15-6-16-30(25,3)28(33)34)24(18)13-11-19-10-12-22-23(17-19)27(32)21-8-5-4-7-20(21)26(22)31/h4-5,7-8,10,22-25H,1,6,9,11-17H2,2-3H3,(H,33,34)/t22?,23?,24-,25+,29+,30-/m0/s1. The number of carboxylic acid groups (broad SMARTS) is 1. The van der Waals surface area contributed by atoms with Crippen molar-refractivity contribution < 1.29 is 19.5 Å². The van der Waals surface area contributed by atoms with Crippen molar-refractivity contribution in [2.45, 2.75) is 71.6 Å². The number of carbonyl (C=O) groups is 3. The second kappa shape index (κ2) is 8.32. The summed E-state index contributed by atoms with van der Waals surface area (Å²) >= 11 is 0. The van der Waals surface area contributed by atoms with Crippen LogP contribution in [-0.4, -0.2) is 22.6 Å². The minimum Gasteiger partial charge on any atom is -0.481 e. The van der Waals surface area contributed by atoms with E-state index < -0.39 is 11.4 Å². The van der Waals surface area contributed by atoms with Crippen molar-refractivity contribution in [1.29, 1.82) is 0 Å². The van der Waals surface area contributed by atoms with Crippen molar-refractivity contribution in [2.75, 3.05) is 0 Å². The smallest absolute Gasteiger partial charge is 0.309 e. The van der Waals surface area contributed by atoms with Gasteiger partial charge in [0.15, 0.2) is 11.6 Å². The predicted molar refractivity (Wildman–Crippen MR) is 132 cm³/mol. The van der Waals surface area contributed by atoms with E-state index in [1.165, 1.54) is 11.1 Å². The number of Topliss-reactive ketones (excluding diaryl/α,β-unsaturated/α-hetero) is 2. The molecule has 1 N–H and O–H groups in total. The number of carbonyl (C=O) groups excluding carboxylic acids is 2. The van der Waals surface area contributed by atoms with Crippen LogP contribution in [0.3, 0.4) is 0 Å². The Kier molecular flexibility index (Phi) is 5.69. The first-order chi connectivity index (χ1) is 16.2. The largest absolute Gasteiger partial charge is 0.481 e. The molecule has 1 aromatic carbocycles. The third-order valence-electron chi connectivity index (χ3n) is 10.0. The molecule has 4 aliphatic rings. The summed E-state index contributed by atoms with van der Waals surface area (Å²) in [6, 6.07) is 7.25. The number of fused-ring (bicyclic) bond motifs is 3. The first kappa shape index (κ1) is 23.3. The molecule has 1 aromatic rings. The molecule has 0 amide bonds. The van der Waals surface area contributed by atoms with Crippen molar-refractivity contribution in [3.8, 4) is 0 Å². The molecule has 0 bridgehead atoms.